The quantitative estimate of drug-likeness (QED) is 0.743. The molecule has 0 bridgehead atoms. The van der Waals surface area contributed by atoms with Crippen LogP contribution in [0.3, 0.4) is 0 Å². The number of aryl methyl sites for hydroxylation is 2. The van der Waals surface area contributed by atoms with Gasteiger partial charge in [-0.3, -0.25) is 0 Å². The van der Waals surface area contributed by atoms with Crippen molar-refractivity contribution in [3.63, 3.8) is 0 Å². The lowest BCUT2D eigenvalue weighted by molar-refractivity contribution is -0.332. The van der Waals surface area contributed by atoms with Gasteiger partial charge in [-0.15, -0.1) is 0 Å². The zero-order valence-electron chi connectivity index (χ0n) is 12.6. The Labute approximate surface area is 129 Å². The van der Waals surface area contributed by atoms with Crippen LogP contribution in [0.5, 0.6) is 0 Å². The van der Waals surface area contributed by atoms with Crippen molar-refractivity contribution in [2.24, 2.45) is 0 Å². The van der Waals surface area contributed by atoms with Crippen LogP contribution < -0.4 is 10.1 Å². The van der Waals surface area contributed by atoms with Crippen molar-refractivity contribution in [3.8, 4) is 11.3 Å². The zero-order chi connectivity index (χ0) is 15.7. The Kier molecular flexibility index (Phi) is 3.63. The van der Waals surface area contributed by atoms with Crippen LogP contribution in [0.2, 0.25) is 0 Å². The molecule has 0 unspecified atom stereocenters. The number of H-pyrrole nitrogens is 1. The highest BCUT2D eigenvalue weighted by Crippen LogP contribution is 2.27. The number of aromatic nitrogens is 1. The highest BCUT2D eigenvalue weighted by molar-refractivity contribution is 5.85. The van der Waals surface area contributed by atoms with Gasteiger partial charge >= 0.3 is 0 Å². The van der Waals surface area contributed by atoms with Crippen molar-refractivity contribution in [1.82, 2.24) is 0 Å². The number of aromatic amines is 1. The summed E-state index contributed by atoms with van der Waals surface area (Å²) in [6.45, 7) is 3.99. The third-order valence-corrected chi connectivity index (χ3v) is 4.01. The average Bonchev–Trinajstić information content (AvgIpc) is 2.50. The van der Waals surface area contributed by atoms with Gasteiger partial charge < -0.3 is 9.90 Å². The van der Waals surface area contributed by atoms with Crippen LogP contribution in [-0.2, 0) is 11.2 Å². The second-order valence-corrected chi connectivity index (χ2v) is 5.56. The predicted octanol–water partition coefficient (Wildman–Crippen LogP) is 2.23. The molecule has 3 aromatic rings. The summed E-state index contributed by atoms with van der Waals surface area (Å²) in [5.41, 5.74) is 5.76. The van der Waals surface area contributed by atoms with E-state index >= 15 is 0 Å². The van der Waals surface area contributed by atoms with Crippen LogP contribution >= 0.6 is 0 Å². The molecule has 0 amide bonds. The van der Waals surface area contributed by atoms with Crippen LogP contribution in [0.25, 0.3) is 22.2 Å². The third-order valence-electron chi connectivity index (χ3n) is 4.01. The first-order chi connectivity index (χ1) is 10.6. The molecule has 0 fully saturated rings. The van der Waals surface area contributed by atoms with Crippen molar-refractivity contribution >= 4 is 16.9 Å². The molecule has 0 aliphatic heterocycles. The molecule has 3 nitrogen and oxygen atoms in total. The monoisotopic (exact) mass is 291 g/mol. The molecule has 0 aliphatic carbocycles. The molecule has 3 heteroatoms. The van der Waals surface area contributed by atoms with Crippen molar-refractivity contribution in [2.75, 3.05) is 0 Å². The molecule has 3 rings (SSSR count). The molecule has 0 saturated heterocycles. The van der Waals surface area contributed by atoms with Gasteiger partial charge in [0.1, 0.15) is 0 Å². The number of nitrogens with one attached hydrogen (secondary N) is 1. The van der Waals surface area contributed by atoms with Crippen LogP contribution in [0.1, 0.15) is 16.7 Å². The molecule has 0 aliphatic rings. The first-order valence-electron chi connectivity index (χ1n) is 7.26. The van der Waals surface area contributed by atoms with Crippen LogP contribution in [-0.4, -0.2) is 5.97 Å². The first-order valence-corrected chi connectivity index (χ1v) is 7.26. The normalized spacial score (nSPS) is 10.8. The lowest BCUT2D eigenvalue weighted by Gasteiger charge is -2.11. The number of aliphatic carboxylic acids is 1. The van der Waals surface area contributed by atoms with Crippen LogP contribution in [0, 0.1) is 13.8 Å². The summed E-state index contributed by atoms with van der Waals surface area (Å²) in [6.07, 6.45) is -0.101. The minimum Gasteiger partial charge on any atom is -0.550 e. The maximum absolute atomic E-state index is 11.2. The summed E-state index contributed by atoms with van der Waals surface area (Å²) in [5.74, 6) is -1.07. The second kappa shape index (κ2) is 5.60. The van der Waals surface area contributed by atoms with E-state index in [0.717, 1.165) is 33.3 Å². The van der Waals surface area contributed by atoms with Gasteiger partial charge in [-0.2, -0.15) is 0 Å². The van der Waals surface area contributed by atoms with Gasteiger partial charge in [-0.25, -0.2) is 4.98 Å². The number of para-hydroxylation sites is 1. The molecule has 1 aromatic heterocycles. The smallest absolute Gasteiger partial charge is 0.215 e. The van der Waals surface area contributed by atoms with E-state index in [2.05, 4.69) is 4.98 Å². The highest BCUT2D eigenvalue weighted by atomic mass is 16.4. The first kappa shape index (κ1) is 14.3. The number of carbonyl (C=O) groups is 1. The number of carbonyl (C=O) groups excluding carboxylic acids is 1. The van der Waals surface area contributed by atoms with Gasteiger partial charge in [0.25, 0.3) is 0 Å². The van der Waals surface area contributed by atoms with Crippen LogP contribution in [0.15, 0.2) is 48.5 Å². The fourth-order valence-electron chi connectivity index (χ4n) is 2.81. The topological polar surface area (TPSA) is 54.3 Å². The van der Waals surface area contributed by atoms with Crippen molar-refractivity contribution in [2.45, 2.75) is 20.3 Å². The minimum absolute atomic E-state index is 0.101. The average molecular weight is 291 g/mol. The molecule has 22 heavy (non-hydrogen) atoms. The number of hydrogen-bond acceptors (Lipinski definition) is 2. The van der Waals surface area contributed by atoms with E-state index < -0.39 is 5.97 Å². The van der Waals surface area contributed by atoms with Crippen molar-refractivity contribution in [1.29, 1.82) is 0 Å². The zero-order valence-corrected chi connectivity index (χ0v) is 12.6. The summed E-state index contributed by atoms with van der Waals surface area (Å²) in [5, 5.41) is 12.2. The Bertz CT molecular complexity index is 851. The Hall–Kier alpha value is -2.68. The number of rotatable bonds is 3. The molecule has 0 radical (unpaired) electrons. The van der Waals surface area contributed by atoms with Crippen molar-refractivity contribution < 1.29 is 14.9 Å². The SMILES string of the molecule is Cc1ccc(-c2[nH+]c3ccccc3c(C)c2CC(=O)[O-])cc1. The third kappa shape index (κ3) is 2.58. The van der Waals surface area contributed by atoms with E-state index in [1.165, 1.54) is 5.56 Å². The Morgan fingerprint density at radius 2 is 1.73 bits per heavy atom. The fourth-order valence-corrected chi connectivity index (χ4v) is 2.81. The number of pyridine rings is 1. The van der Waals surface area contributed by atoms with Crippen molar-refractivity contribution in [3.05, 3.63) is 65.2 Å². The van der Waals surface area contributed by atoms with E-state index in [4.69, 9.17) is 0 Å². The number of benzene rings is 2. The summed E-state index contributed by atoms with van der Waals surface area (Å²) in [4.78, 5) is 14.6. The number of hydrogen-bond donors (Lipinski definition) is 0. The highest BCUT2D eigenvalue weighted by Gasteiger charge is 2.19. The van der Waals surface area contributed by atoms with Gasteiger partial charge in [0, 0.05) is 35.0 Å². The van der Waals surface area contributed by atoms with Gasteiger partial charge in [0.05, 0.1) is 0 Å². The molecule has 1 N–H and O–H groups in total. The standard InChI is InChI=1S/C19H17NO2/c1-12-7-9-14(10-8-12)19-16(11-18(21)22)13(2)15-5-3-4-6-17(15)20-19/h3-10H,11H2,1-2H3,(H,21,22). The lowest BCUT2D eigenvalue weighted by Crippen LogP contribution is -2.26. The maximum atomic E-state index is 11.2. The van der Waals surface area contributed by atoms with Gasteiger partial charge in [0.2, 0.25) is 11.2 Å². The summed E-state index contributed by atoms with van der Waals surface area (Å²) < 4.78 is 0. The van der Waals surface area contributed by atoms with E-state index in [-0.39, 0.29) is 6.42 Å². The largest absolute Gasteiger partial charge is 0.550 e. The minimum atomic E-state index is -1.07. The summed E-state index contributed by atoms with van der Waals surface area (Å²) in [7, 11) is 0. The Morgan fingerprint density at radius 1 is 1.05 bits per heavy atom. The van der Waals surface area contributed by atoms with E-state index in [0.29, 0.717) is 0 Å². The fraction of sp³-hybridized carbons (Fsp3) is 0.158. The summed E-state index contributed by atoms with van der Waals surface area (Å²) in [6, 6.07) is 16.0. The molecular formula is C19H17NO2. The molecule has 110 valence electrons. The summed E-state index contributed by atoms with van der Waals surface area (Å²) >= 11 is 0. The maximum Gasteiger partial charge on any atom is 0.215 e. The molecule has 0 atom stereocenters. The number of fused-ring (bicyclic) bond motifs is 1. The van der Waals surface area contributed by atoms with E-state index in [9.17, 15) is 9.90 Å². The second-order valence-electron chi connectivity index (χ2n) is 5.56. The molecule has 0 spiro atoms. The lowest BCUT2D eigenvalue weighted by atomic mass is 9.95. The van der Waals surface area contributed by atoms with Crippen LogP contribution in [0.4, 0.5) is 0 Å². The number of carboxylic acids is 1. The Balaban J connectivity index is 2.30. The van der Waals surface area contributed by atoms with E-state index in [1.807, 2.05) is 62.4 Å². The molecule has 0 saturated carbocycles. The molecular weight excluding hydrogens is 274 g/mol. The van der Waals surface area contributed by atoms with E-state index in [1.54, 1.807) is 0 Å². The Morgan fingerprint density at radius 3 is 2.41 bits per heavy atom. The molecule has 2 aromatic carbocycles. The van der Waals surface area contributed by atoms with Gasteiger partial charge in [-0.1, -0.05) is 29.8 Å². The predicted molar refractivity (Wildman–Crippen MR) is 84.1 cm³/mol. The van der Waals surface area contributed by atoms with Gasteiger partial charge in [-0.05, 0) is 37.6 Å². The molecule has 1 heterocycles. The number of carboxylic acid groups (broad SMARTS) is 1. The van der Waals surface area contributed by atoms with Gasteiger partial charge in [0.15, 0.2) is 0 Å².